The molecule has 214 valence electrons. The molecular weight excluding hydrogens is 573 g/mol. The molecule has 8 aromatic rings. The van der Waals surface area contributed by atoms with E-state index in [1.165, 1.54) is 87.0 Å². The van der Waals surface area contributed by atoms with Crippen LogP contribution in [0.5, 0.6) is 0 Å². The highest BCUT2D eigenvalue weighted by molar-refractivity contribution is 7.99. The largest absolute Gasteiger partial charge is 0.0888 e. The molecule has 46 heavy (non-hydrogen) atoms. The molecule has 1 aliphatic carbocycles. The van der Waals surface area contributed by atoms with Crippen LogP contribution in [-0.4, -0.2) is 0 Å². The van der Waals surface area contributed by atoms with Gasteiger partial charge in [0, 0.05) is 15.2 Å². The highest BCUT2D eigenvalue weighted by Crippen LogP contribution is 2.58. The van der Waals surface area contributed by atoms with E-state index >= 15 is 0 Å². The smallest absolute Gasteiger partial charge is 0.0719 e. The Hall–Kier alpha value is -5.37. The number of fused-ring (bicyclic) bond motifs is 7. The molecule has 1 heterocycles. The summed E-state index contributed by atoms with van der Waals surface area (Å²) < 4.78 is 0. The van der Waals surface area contributed by atoms with Crippen molar-refractivity contribution in [2.45, 2.75) is 15.2 Å². The van der Waals surface area contributed by atoms with Crippen LogP contribution in [0.15, 0.2) is 180 Å². The van der Waals surface area contributed by atoms with Gasteiger partial charge in [-0.1, -0.05) is 157 Å². The Labute approximate surface area is 273 Å². The molecule has 1 atom stereocenters. The summed E-state index contributed by atoms with van der Waals surface area (Å²) in [5.74, 6) is 0. The Kier molecular flexibility index (Phi) is 5.53. The Morgan fingerprint density at radius 1 is 0.391 bits per heavy atom. The third kappa shape index (κ3) is 3.52. The fraction of sp³-hybridized carbons (Fsp3) is 0.0222. The van der Waals surface area contributed by atoms with E-state index in [0.29, 0.717) is 0 Å². The van der Waals surface area contributed by atoms with Gasteiger partial charge in [0.2, 0.25) is 0 Å². The molecule has 10 rings (SSSR count). The van der Waals surface area contributed by atoms with Gasteiger partial charge >= 0.3 is 0 Å². The van der Waals surface area contributed by atoms with Crippen molar-refractivity contribution in [2.75, 3.05) is 0 Å². The lowest BCUT2D eigenvalue weighted by molar-refractivity contribution is 0.775. The normalized spacial score (nSPS) is 15.8. The summed E-state index contributed by atoms with van der Waals surface area (Å²) in [7, 11) is 0. The monoisotopic (exact) mass is 600 g/mol. The van der Waals surface area contributed by atoms with E-state index in [-0.39, 0.29) is 0 Å². The number of benzene rings is 8. The zero-order chi connectivity index (χ0) is 30.2. The first-order valence-electron chi connectivity index (χ1n) is 15.9. The van der Waals surface area contributed by atoms with Crippen LogP contribution in [0.3, 0.4) is 0 Å². The maximum Gasteiger partial charge on any atom is 0.0719 e. The molecule has 8 aromatic carbocycles. The second kappa shape index (κ2) is 9.81. The van der Waals surface area contributed by atoms with Crippen LogP contribution >= 0.6 is 11.8 Å². The highest BCUT2D eigenvalue weighted by Gasteiger charge is 2.47. The predicted molar refractivity (Wildman–Crippen MR) is 194 cm³/mol. The van der Waals surface area contributed by atoms with Crippen molar-refractivity contribution in [2.24, 2.45) is 0 Å². The highest BCUT2D eigenvalue weighted by atomic mass is 32.2. The van der Waals surface area contributed by atoms with Crippen molar-refractivity contribution in [1.82, 2.24) is 0 Å². The quantitative estimate of drug-likeness (QED) is 0.194. The van der Waals surface area contributed by atoms with Crippen molar-refractivity contribution in [3.8, 4) is 33.4 Å². The molecule has 0 bridgehead atoms. The van der Waals surface area contributed by atoms with Gasteiger partial charge in [-0.2, -0.15) is 0 Å². The first kappa shape index (κ1) is 25.9. The van der Waals surface area contributed by atoms with Crippen molar-refractivity contribution < 1.29 is 0 Å². The van der Waals surface area contributed by atoms with Gasteiger partial charge in [-0.15, -0.1) is 0 Å². The maximum absolute atomic E-state index is 2.40. The average molecular weight is 601 g/mol. The fourth-order valence-corrected chi connectivity index (χ4v) is 9.35. The molecule has 2 aliphatic rings. The van der Waals surface area contributed by atoms with E-state index < -0.39 is 5.41 Å². The summed E-state index contributed by atoms with van der Waals surface area (Å²) >= 11 is 1.88. The number of rotatable bonds is 3. The van der Waals surface area contributed by atoms with Gasteiger partial charge < -0.3 is 0 Å². The average Bonchev–Trinajstić information content (AvgIpc) is 3.44. The molecule has 0 saturated carbocycles. The molecule has 0 radical (unpaired) electrons. The second-order valence-electron chi connectivity index (χ2n) is 12.4. The zero-order valence-electron chi connectivity index (χ0n) is 25.1. The van der Waals surface area contributed by atoms with E-state index in [2.05, 4.69) is 170 Å². The third-order valence-corrected chi connectivity index (χ3v) is 11.3. The lowest BCUT2D eigenvalue weighted by Gasteiger charge is -2.34. The van der Waals surface area contributed by atoms with Gasteiger partial charge in [0.05, 0.1) is 5.41 Å². The first-order chi connectivity index (χ1) is 22.8. The molecule has 0 nitrogen and oxygen atoms in total. The van der Waals surface area contributed by atoms with Crippen LogP contribution in [0.4, 0.5) is 0 Å². The molecule has 1 heteroatoms. The molecule has 1 unspecified atom stereocenters. The molecule has 0 aromatic heterocycles. The van der Waals surface area contributed by atoms with Crippen molar-refractivity contribution in [1.29, 1.82) is 0 Å². The molecule has 0 N–H and O–H groups in total. The van der Waals surface area contributed by atoms with Crippen molar-refractivity contribution in [3.05, 3.63) is 192 Å². The fourth-order valence-electron chi connectivity index (χ4n) is 8.20. The van der Waals surface area contributed by atoms with Gasteiger partial charge in [0.25, 0.3) is 0 Å². The summed E-state index contributed by atoms with van der Waals surface area (Å²) in [6.07, 6.45) is 0. The number of hydrogen-bond acceptors (Lipinski definition) is 1. The van der Waals surface area contributed by atoms with Gasteiger partial charge in [-0.25, -0.2) is 0 Å². The Morgan fingerprint density at radius 2 is 1.09 bits per heavy atom. The van der Waals surface area contributed by atoms with Crippen LogP contribution < -0.4 is 0 Å². The van der Waals surface area contributed by atoms with Gasteiger partial charge in [-0.05, 0) is 96.1 Å². The molecule has 0 spiro atoms. The Balaban J connectivity index is 1.22. The Morgan fingerprint density at radius 3 is 1.98 bits per heavy atom. The van der Waals surface area contributed by atoms with Gasteiger partial charge in [0.15, 0.2) is 0 Å². The summed E-state index contributed by atoms with van der Waals surface area (Å²) in [5, 5.41) is 5.24. The Bertz CT molecular complexity index is 2490. The predicted octanol–water partition coefficient (Wildman–Crippen LogP) is 12.2. The van der Waals surface area contributed by atoms with E-state index in [1.807, 2.05) is 11.8 Å². The lowest BCUT2D eigenvalue weighted by Crippen LogP contribution is -2.28. The van der Waals surface area contributed by atoms with E-state index in [1.54, 1.807) is 0 Å². The minimum Gasteiger partial charge on any atom is -0.0888 e. The lowest BCUT2D eigenvalue weighted by atomic mass is 9.66. The molecule has 1 aliphatic heterocycles. The second-order valence-corrected chi connectivity index (χ2v) is 13.5. The maximum atomic E-state index is 2.40. The number of hydrogen-bond donors (Lipinski definition) is 0. The summed E-state index contributed by atoms with van der Waals surface area (Å²) in [4.78, 5) is 2.66. The molecular formula is C45H28S. The summed E-state index contributed by atoms with van der Waals surface area (Å²) in [6, 6.07) is 63.3. The van der Waals surface area contributed by atoms with Crippen molar-refractivity contribution >= 4 is 33.3 Å². The van der Waals surface area contributed by atoms with Gasteiger partial charge in [0.1, 0.15) is 0 Å². The first-order valence-corrected chi connectivity index (χ1v) is 16.7. The third-order valence-electron chi connectivity index (χ3n) is 10.1. The van der Waals surface area contributed by atoms with Crippen molar-refractivity contribution in [3.63, 3.8) is 0 Å². The van der Waals surface area contributed by atoms with E-state index in [4.69, 9.17) is 0 Å². The van der Waals surface area contributed by atoms with E-state index in [0.717, 1.165) is 0 Å². The minimum absolute atomic E-state index is 0.437. The topological polar surface area (TPSA) is 0 Å². The van der Waals surface area contributed by atoms with Crippen LogP contribution in [0.25, 0.3) is 54.9 Å². The SMILES string of the molecule is c1ccc(C2(c3ccc(-c4cc5c6c(cccc6c4)Sc4ccccc4-5)cc3)c3ccccc3-c3ccc4ccccc4c32)cc1. The van der Waals surface area contributed by atoms with Crippen LogP contribution in [0, 0.1) is 0 Å². The van der Waals surface area contributed by atoms with E-state index in [9.17, 15) is 0 Å². The minimum atomic E-state index is -0.437. The van der Waals surface area contributed by atoms with Gasteiger partial charge in [-0.3, -0.25) is 0 Å². The summed E-state index contributed by atoms with van der Waals surface area (Å²) in [5.41, 5.74) is 12.6. The zero-order valence-corrected chi connectivity index (χ0v) is 25.9. The van der Waals surface area contributed by atoms with Crippen LogP contribution in [0.2, 0.25) is 0 Å². The molecule has 0 amide bonds. The standard InChI is InChI=1S/C45H28S/c1-2-13-33(14-3-1)45(40-18-8-6-16-36(40)38-26-23-30-11-4-5-15-35(30)44(38)45)34-24-21-29(22-25-34)32-27-31-12-10-20-42-43(31)39(28-32)37-17-7-9-19-41(37)46-42/h1-28H. The molecule has 0 fully saturated rings. The van der Waals surface area contributed by atoms with Crippen LogP contribution in [0.1, 0.15) is 22.3 Å². The summed E-state index contributed by atoms with van der Waals surface area (Å²) in [6.45, 7) is 0. The molecule has 0 saturated heterocycles. The van der Waals surface area contributed by atoms with Crippen LogP contribution in [-0.2, 0) is 5.41 Å².